The van der Waals surface area contributed by atoms with Gasteiger partial charge in [-0.25, -0.2) is 0 Å². The summed E-state index contributed by atoms with van der Waals surface area (Å²) in [5, 5.41) is 10.1. The molecule has 1 aromatic carbocycles. The van der Waals surface area contributed by atoms with Crippen molar-refractivity contribution in [3.63, 3.8) is 0 Å². The highest BCUT2D eigenvalue weighted by molar-refractivity contribution is 6.30. The van der Waals surface area contributed by atoms with E-state index in [4.69, 9.17) is 16.7 Å². The van der Waals surface area contributed by atoms with Crippen molar-refractivity contribution in [2.24, 2.45) is 5.92 Å². The molecule has 0 aliphatic carbocycles. The van der Waals surface area contributed by atoms with Gasteiger partial charge in [-0.05, 0) is 18.2 Å². The van der Waals surface area contributed by atoms with E-state index in [0.717, 1.165) is 12.1 Å². The lowest BCUT2D eigenvalue weighted by molar-refractivity contribution is -0.190. The van der Waals surface area contributed by atoms with Gasteiger partial charge in [0.1, 0.15) is 0 Å². The first-order valence-electron chi connectivity index (χ1n) is 5.33. The minimum atomic E-state index is -5.08. The molecular formula is C11H8ClF6NO2. The molecule has 0 radical (unpaired) electrons. The van der Waals surface area contributed by atoms with E-state index in [-0.39, 0.29) is 5.02 Å². The number of alkyl halides is 6. The molecule has 0 spiro atoms. The van der Waals surface area contributed by atoms with Crippen LogP contribution in [0.5, 0.6) is 0 Å². The summed E-state index contributed by atoms with van der Waals surface area (Å²) in [6, 6.07) is 2.41. The first kappa shape index (κ1) is 17.4. The van der Waals surface area contributed by atoms with Crippen LogP contribution in [0.15, 0.2) is 18.2 Å². The molecule has 0 aromatic heterocycles. The van der Waals surface area contributed by atoms with Crippen LogP contribution in [0, 0.1) is 5.92 Å². The van der Waals surface area contributed by atoms with Gasteiger partial charge in [-0.3, -0.25) is 4.79 Å². The van der Waals surface area contributed by atoms with E-state index in [1.165, 1.54) is 0 Å². The number of carboxylic acids is 1. The van der Waals surface area contributed by atoms with Crippen LogP contribution in [0.25, 0.3) is 0 Å². The third-order valence-electron chi connectivity index (χ3n) is 2.48. The molecule has 0 aliphatic heterocycles. The zero-order valence-corrected chi connectivity index (χ0v) is 10.8. The van der Waals surface area contributed by atoms with E-state index in [9.17, 15) is 31.1 Å². The highest BCUT2D eigenvalue weighted by Gasteiger charge is 2.45. The van der Waals surface area contributed by atoms with Gasteiger partial charge in [0.15, 0.2) is 5.92 Å². The number of rotatable bonds is 4. The van der Waals surface area contributed by atoms with Crippen LogP contribution in [0.4, 0.5) is 32.0 Å². The third-order valence-corrected chi connectivity index (χ3v) is 2.71. The number of hydrogen-bond acceptors (Lipinski definition) is 2. The van der Waals surface area contributed by atoms with Gasteiger partial charge in [0.05, 0.1) is 5.56 Å². The molecule has 1 aromatic rings. The number of hydrogen-bond donors (Lipinski definition) is 2. The van der Waals surface area contributed by atoms with Gasteiger partial charge in [-0.1, -0.05) is 11.6 Å². The van der Waals surface area contributed by atoms with Crippen molar-refractivity contribution in [3.05, 3.63) is 28.8 Å². The van der Waals surface area contributed by atoms with Crippen molar-refractivity contribution in [2.75, 3.05) is 11.9 Å². The van der Waals surface area contributed by atoms with Gasteiger partial charge >= 0.3 is 18.3 Å². The molecule has 0 bridgehead atoms. The molecule has 1 atom stereocenters. The van der Waals surface area contributed by atoms with E-state index < -0.39 is 42.0 Å². The summed E-state index contributed by atoms with van der Waals surface area (Å²) < 4.78 is 75.3. The molecule has 3 nitrogen and oxygen atoms in total. The second kappa shape index (κ2) is 6.00. The number of anilines is 1. The Kier molecular flexibility index (Phi) is 4.98. The number of nitrogens with one attached hydrogen (secondary N) is 1. The Bertz CT molecular complexity index is 528. The van der Waals surface area contributed by atoms with Gasteiger partial charge in [0.2, 0.25) is 0 Å². The number of carbonyl (C=O) groups is 1. The van der Waals surface area contributed by atoms with Crippen LogP contribution in [0.1, 0.15) is 5.56 Å². The molecule has 118 valence electrons. The lowest BCUT2D eigenvalue weighted by Crippen LogP contribution is -2.36. The highest BCUT2D eigenvalue weighted by Crippen LogP contribution is 2.37. The summed E-state index contributed by atoms with van der Waals surface area (Å²) in [5.74, 6) is -5.01. The van der Waals surface area contributed by atoms with Crippen LogP contribution in [0.2, 0.25) is 5.02 Å². The van der Waals surface area contributed by atoms with Gasteiger partial charge < -0.3 is 10.4 Å². The molecular weight excluding hydrogens is 328 g/mol. The molecule has 0 fully saturated rings. The quantitative estimate of drug-likeness (QED) is 0.817. The molecule has 0 saturated heterocycles. The number of halogens is 7. The number of benzene rings is 1. The maximum atomic E-state index is 12.7. The van der Waals surface area contributed by atoms with Crippen molar-refractivity contribution in [1.29, 1.82) is 0 Å². The van der Waals surface area contributed by atoms with Gasteiger partial charge in [0.25, 0.3) is 0 Å². The van der Waals surface area contributed by atoms with Crippen LogP contribution in [-0.2, 0) is 11.0 Å². The fourth-order valence-electron chi connectivity index (χ4n) is 1.46. The predicted octanol–water partition coefficient (Wildman–Crippen LogP) is 4.03. The van der Waals surface area contributed by atoms with Crippen LogP contribution >= 0.6 is 11.6 Å². The van der Waals surface area contributed by atoms with Crippen LogP contribution < -0.4 is 5.32 Å². The average molecular weight is 336 g/mol. The van der Waals surface area contributed by atoms with Gasteiger partial charge in [-0.2, -0.15) is 26.3 Å². The molecule has 21 heavy (non-hydrogen) atoms. The Hall–Kier alpha value is -1.64. The maximum absolute atomic E-state index is 12.7. The van der Waals surface area contributed by atoms with Gasteiger partial charge in [-0.15, -0.1) is 0 Å². The topological polar surface area (TPSA) is 49.3 Å². The summed E-state index contributed by atoms with van der Waals surface area (Å²) >= 11 is 5.41. The smallest absolute Gasteiger partial charge is 0.418 e. The summed E-state index contributed by atoms with van der Waals surface area (Å²) in [7, 11) is 0. The summed E-state index contributed by atoms with van der Waals surface area (Å²) in [6.45, 7) is -1.23. The van der Waals surface area contributed by atoms with Crippen LogP contribution in [0.3, 0.4) is 0 Å². The first-order chi connectivity index (χ1) is 9.43. The molecule has 0 heterocycles. The van der Waals surface area contributed by atoms with E-state index in [0.29, 0.717) is 6.07 Å². The minimum absolute atomic E-state index is 0.251. The normalized spacial score (nSPS) is 13.9. The summed E-state index contributed by atoms with van der Waals surface area (Å²) in [4.78, 5) is 10.5. The standard InChI is InChI=1S/C11H8ClF6NO2/c12-5-1-2-8(6(3-5)10(13,14)15)19-4-7(9(20)21)11(16,17)18/h1-3,7,19H,4H2,(H,20,21). The largest absolute Gasteiger partial charge is 0.481 e. The highest BCUT2D eigenvalue weighted by atomic mass is 35.5. The number of carboxylic acid groups (broad SMARTS) is 1. The third kappa shape index (κ3) is 4.69. The van der Waals surface area contributed by atoms with Crippen molar-refractivity contribution in [2.45, 2.75) is 12.4 Å². The van der Waals surface area contributed by atoms with Crippen molar-refractivity contribution in [1.82, 2.24) is 0 Å². The molecule has 0 saturated carbocycles. The fourth-order valence-corrected chi connectivity index (χ4v) is 1.63. The minimum Gasteiger partial charge on any atom is -0.481 e. The monoisotopic (exact) mass is 335 g/mol. The maximum Gasteiger partial charge on any atom is 0.418 e. The molecule has 2 N–H and O–H groups in total. The van der Waals surface area contributed by atoms with Crippen LogP contribution in [-0.4, -0.2) is 23.8 Å². The zero-order valence-electron chi connectivity index (χ0n) is 10.0. The second-order valence-corrected chi connectivity index (χ2v) is 4.44. The molecule has 0 amide bonds. The molecule has 0 aliphatic rings. The Balaban J connectivity index is 3.01. The molecule has 10 heteroatoms. The molecule has 1 rings (SSSR count). The summed E-state index contributed by atoms with van der Waals surface area (Å²) in [6.07, 6.45) is -9.92. The van der Waals surface area contributed by atoms with E-state index in [1.807, 2.05) is 5.32 Å². The Labute approximate surface area is 119 Å². The molecule has 1 unspecified atom stereocenters. The van der Waals surface area contributed by atoms with Crippen molar-refractivity contribution in [3.8, 4) is 0 Å². The Morgan fingerprint density at radius 3 is 2.24 bits per heavy atom. The second-order valence-electron chi connectivity index (χ2n) is 4.00. The number of aliphatic carboxylic acids is 1. The summed E-state index contributed by atoms with van der Waals surface area (Å²) in [5.41, 5.74) is -1.95. The predicted molar refractivity (Wildman–Crippen MR) is 62.1 cm³/mol. The fraction of sp³-hybridized carbons (Fsp3) is 0.364. The zero-order chi connectivity index (χ0) is 16.4. The van der Waals surface area contributed by atoms with E-state index in [2.05, 4.69) is 0 Å². The average Bonchev–Trinajstić information content (AvgIpc) is 2.27. The lowest BCUT2D eigenvalue weighted by atomic mass is 10.1. The first-order valence-corrected chi connectivity index (χ1v) is 5.71. The SMILES string of the molecule is O=C(O)C(CNc1ccc(Cl)cc1C(F)(F)F)C(F)(F)F. The Morgan fingerprint density at radius 2 is 1.81 bits per heavy atom. The lowest BCUT2D eigenvalue weighted by Gasteiger charge is -2.19. The van der Waals surface area contributed by atoms with Crippen molar-refractivity contribution >= 4 is 23.3 Å². The van der Waals surface area contributed by atoms with E-state index >= 15 is 0 Å². The Morgan fingerprint density at radius 1 is 1.24 bits per heavy atom. The van der Waals surface area contributed by atoms with E-state index in [1.54, 1.807) is 0 Å². The van der Waals surface area contributed by atoms with Crippen molar-refractivity contribution < 1.29 is 36.2 Å². The van der Waals surface area contributed by atoms with Gasteiger partial charge in [0, 0.05) is 17.3 Å².